The fourth-order valence-corrected chi connectivity index (χ4v) is 4.57. The van der Waals surface area contributed by atoms with Gasteiger partial charge in [0.15, 0.2) is 5.69 Å². The summed E-state index contributed by atoms with van der Waals surface area (Å²) >= 11 is 18.9. The fraction of sp³-hybridized carbons (Fsp3) is 0.226. The molecule has 0 radical (unpaired) electrons. The number of hydrogen-bond acceptors (Lipinski definition) is 4. The average Bonchev–Trinajstić information content (AvgIpc) is 3.27. The van der Waals surface area contributed by atoms with Gasteiger partial charge < -0.3 is 15.8 Å². The first kappa shape index (κ1) is 29.7. The van der Waals surface area contributed by atoms with Crippen molar-refractivity contribution in [3.63, 3.8) is 0 Å². The van der Waals surface area contributed by atoms with E-state index in [1.54, 1.807) is 35.0 Å². The number of carbonyl (C=O) groups excluding carboxylic acids is 1. The molecule has 0 saturated heterocycles. The molecule has 4 aromatic rings. The summed E-state index contributed by atoms with van der Waals surface area (Å²) in [6.45, 7) is 6.08. The normalized spacial score (nSPS) is 12.0. The van der Waals surface area contributed by atoms with Crippen LogP contribution in [0.5, 0.6) is 0 Å². The molecular formula is C31H29Cl3N4O2. The van der Waals surface area contributed by atoms with Gasteiger partial charge >= 0.3 is 0 Å². The number of nitrogens with zero attached hydrogens (tertiary/aromatic N) is 2. The molecule has 0 bridgehead atoms. The number of carbonyl (C=O) groups is 1. The smallest absolute Gasteiger partial charge is 0.273 e. The molecule has 0 aliphatic rings. The zero-order valence-corrected chi connectivity index (χ0v) is 24.6. The maximum atomic E-state index is 13.5. The van der Waals surface area contributed by atoms with Crippen molar-refractivity contribution in [1.29, 1.82) is 0 Å². The van der Waals surface area contributed by atoms with Gasteiger partial charge in [0.1, 0.15) is 6.61 Å². The van der Waals surface area contributed by atoms with Gasteiger partial charge in [-0.3, -0.25) is 4.79 Å². The number of amides is 1. The summed E-state index contributed by atoms with van der Waals surface area (Å²) in [5.41, 5.74) is 9.16. The van der Waals surface area contributed by atoms with Crippen molar-refractivity contribution in [3.8, 4) is 28.8 Å². The predicted molar refractivity (Wildman–Crippen MR) is 162 cm³/mol. The Hall–Kier alpha value is -3.31. The van der Waals surface area contributed by atoms with E-state index >= 15 is 0 Å². The van der Waals surface area contributed by atoms with Crippen molar-refractivity contribution in [2.45, 2.75) is 32.4 Å². The number of nitrogens with one attached hydrogen (secondary N) is 1. The molecule has 206 valence electrons. The second-order valence-electron chi connectivity index (χ2n) is 10.1. The molecule has 0 aliphatic carbocycles. The van der Waals surface area contributed by atoms with E-state index in [1.165, 1.54) is 0 Å². The lowest BCUT2D eigenvalue weighted by Gasteiger charge is -2.19. The summed E-state index contributed by atoms with van der Waals surface area (Å²) in [5.74, 6) is 5.80. The zero-order chi connectivity index (χ0) is 28.9. The minimum absolute atomic E-state index is 0.105. The van der Waals surface area contributed by atoms with Crippen LogP contribution < -0.4 is 11.1 Å². The molecule has 1 amide bonds. The number of hydrogen-bond donors (Lipinski definition) is 2. The van der Waals surface area contributed by atoms with Crippen LogP contribution in [-0.4, -0.2) is 34.4 Å². The van der Waals surface area contributed by atoms with Crippen LogP contribution >= 0.6 is 34.8 Å². The molecule has 4 rings (SSSR count). The van der Waals surface area contributed by atoms with Crippen LogP contribution in [0.2, 0.25) is 15.1 Å². The van der Waals surface area contributed by atoms with Crippen molar-refractivity contribution >= 4 is 40.7 Å². The topological polar surface area (TPSA) is 82.2 Å². The van der Waals surface area contributed by atoms with Gasteiger partial charge in [-0.15, -0.1) is 0 Å². The zero-order valence-electron chi connectivity index (χ0n) is 22.3. The predicted octanol–water partition coefficient (Wildman–Crippen LogP) is 7.10. The summed E-state index contributed by atoms with van der Waals surface area (Å²) in [6, 6.07) is 21.7. The van der Waals surface area contributed by atoms with Crippen LogP contribution in [0.15, 0.2) is 72.8 Å². The molecule has 1 heterocycles. The van der Waals surface area contributed by atoms with Crippen molar-refractivity contribution < 1.29 is 9.53 Å². The van der Waals surface area contributed by atoms with Gasteiger partial charge in [-0.2, -0.15) is 5.10 Å². The highest BCUT2D eigenvalue weighted by molar-refractivity contribution is 6.35. The second-order valence-corrected chi connectivity index (χ2v) is 11.4. The molecule has 0 fully saturated rings. The van der Waals surface area contributed by atoms with Crippen molar-refractivity contribution in [2.24, 2.45) is 5.73 Å². The van der Waals surface area contributed by atoms with Gasteiger partial charge in [0.05, 0.1) is 34.6 Å². The molecule has 0 saturated carbocycles. The van der Waals surface area contributed by atoms with Gasteiger partial charge in [-0.25, -0.2) is 4.68 Å². The third kappa shape index (κ3) is 7.45. The van der Waals surface area contributed by atoms with E-state index in [0.29, 0.717) is 38.6 Å². The number of ether oxygens (including phenoxy) is 1. The Kier molecular flexibility index (Phi) is 9.57. The molecule has 9 heteroatoms. The van der Waals surface area contributed by atoms with Crippen LogP contribution in [0.3, 0.4) is 0 Å². The van der Waals surface area contributed by atoms with Crippen LogP contribution in [0.25, 0.3) is 16.9 Å². The molecule has 1 aromatic heterocycles. The fourth-order valence-electron chi connectivity index (χ4n) is 3.95. The monoisotopic (exact) mass is 594 g/mol. The number of nitrogens with two attached hydrogens (primary N) is 1. The van der Waals surface area contributed by atoms with Crippen LogP contribution in [0.4, 0.5) is 0 Å². The van der Waals surface area contributed by atoms with Gasteiger partial charge in [0, 0.05) is 21.1 Å². The molecule has 0 aliphatic heterocycles. The van der Waals surface area contributed by atoms with E-state index in [1.807, 2.05) is 63.2 Å². The summed E-state index contributed by atoms with van der Waals surface area (Å²) in [7, 11) is 0. The molecular weight excluding hydrogens is 567 g/mol. The number of halogens is 3. The molecule has 40 heavy (non-hydrogen) atoms. The van der Waals surface area contributed by atoms with Gasteiger partial charge in [-0.1, -0.05) is 89.1 Å². The number of rotatable bonds is 7. The minimum Gasteiger partial charge on any atom is -0.367 e. The van der Waals surface area contributed by atoms with Crippen LogP contribution in [-0.2, 0) is 4.74 Å². The average molecular weight is 596 g/mol. The van der Waals surface area contributed by atoms with E-state index in [2.05, 4.69) is 17.2 Å². The molecule has 3 aromatic carbocycles. The first-order valence-corrected chi connectivity index (χ1v) is 13.7. The lowest BCUT2D eigenvalue weighted by molar-refractivity contribution is 0.0913. The quantitative estimate of drug-likeness (QED) is 0.176. The van der Waals surface area contributed by atoms with Crippen molar-refractivity contribution in [3.05, 3.63) is 105 Å². The lowest BCUT2D eigenvalue weighted by Crippen LogP contribution is -2.41. The maximum absolute atomic E-state index is 13.5. The number of benzene rings is 3. The number of aromatic nitrogens is 2. The van der Waals surface area contributed by atoms with E-state index in [-0.39, 0.29) is 24.2 Å². The standard InChI is InChI=1S/C31H29Cl3N4O2/c1-31(2,3)36-30(39)28-24(10-7-17-40-19-26(35)20-8-5-4-6-9-20)29(21-11-13-22(32)14-12-21)38(37-28)27-16-15-23(33)18-25(27)34/h4-6,8-9,11-16,18,26H,17,19,35H2,1-3H3,(H,36,39)/t26-/m1/s1. The summed E-state index contributed by atoms with van der Waals surface area (Å²) in [6.07, 6.45) is 0. The van der Waals surface area contributed by atoms with Gasteiger partial charge in [-0.05, 0) is 56.7 Å². The van der Waals surface area contributed by atoms with Crippen LogP contribution in [0.1, 0.15) is 48.4 Å². The first-order chi connectivity index (χ1) is 19.0. The second kappa shape index (κ2) is 12.9. The molecule has 1 atom stereocenters. The Labute approximate surface area is 249 Å². The van der Waals surface area contributed by atoms with E-state index < -0.39 is 5.54 Å². The SMILES string of the molecule is CC(C)(C)NC(=O)c1nn(-c2ccc(Cl)cc2Cl)c(-c2ccc(Cl)cc2)c1C#CCOC[C@@H](N)c1ccccc1. The van der Waals surface area contributed by atoms with E-state index in [0.717, 1.165) is 11.1 Å². The van der Waals surface area contributed by atoms with E-state index in [4.69, 9.17) is 50.4 Å². The highest BCUT2D eigenvalue weighted by Gasteiger charge is 2.27. The maximum Gasteiger partial charge on any atom is 0.273 e. The third-order valence-corrected chi connectivity index (χ3v) is 6.55. The van der Waals surface area contributed by atoms with Crippen LogP contribution in [0, 0.1) is 11.8 Å². The Morgan fingerprint density at radius 1 is 1.02 bits per heavy atom. The summed E-state index contributed by atoms with van der Waals surface area (Å²) in [5, 5.41) is 9.10. The van der Waals surface area contributed by atoms with Crippen molar-refractivity contribution in [1.82, 2.24) is 15.1 Å². The Morgan fingerprint density at radius 2 is 1.70 bits per heavy atom. The molecule has 3 N–H and O–H groups in total. The minimum atomic E-state index is -0.499. The summed E-state index contributed by atoms with van der Waals surface area (Å²) in [4.78, 5) is 13.5. The van der Waals surface area contributed by atoms with E-state index in [9.17, 15) is 4.79 Å². The molecule has 0 unspecified atom stereocenters. The Bertz CT molecular complexity index is 1550. The highest BCUT2D eigenvalue weighted by atomic mass is 35.5. The third-order valence-electron chi connectivity index (χ3n) is 5.76. The largest absolute Gasteiger partial charge is 0.367 e. The van der Waals surface area contributed by atoms with Crippen molar-refractivity contribution in [2.75, 3.05) is 13.2 Å². The Balaban J connectivity index is 1.77. The van der Waals surface area contributed by atoms with Gasteiger partial charge in [0.2, 0.25) is 0 Å². The van der Waals surface area contributed by atoms with Gasteiger partial charge in [0.25, 0.3) is 5.91 Å². The lowest BCUT2D eigenvalue weighted by atomic mass is 10.0. The molecule has 6 nitrogen and oxygen atoms in total. The molecule has 0 spiro atoms. The summed E-state index contributed by atoms with van der Waals surface area (Å²) < 4.78 is 7.36. The first-order valence-electron chi connectivity index (χ1n) is 12.6. The highest BCUT2D eigenvalue weighted by Crippen LogP contribution is 2.33. The Morgan fingerprint density at radius 3 is 2.35 bits per heavy atom.